The molecule has 14 heavy (non-hydrogen) atoms. The number of hydrogen-bond donors (Lipinski definition) is 3. The zero-order chi connectivity index (χ0) is 10.2. The largest absolute Gasteiger partial charge is 0.367 e. The highest BCUT2D eigenvalue weighted by molar-refractivity contribution is 5.20. The molecule has 1 heterocycles. The van der Waals surface area contributed by atoms with Gasteiger partial charge in [0.15, 0.2) is 0 Å². The van der Waals surface area contributed by atoms with Crippen LogP contribution in [-0.4, -0.2) is 21.2 Å². The Hall–Kier alpha value is -1.10. The summed E-state index contributed by atoms with van der Waals surface area (Å²) in [5.74, 6) is 1.14. The molecule has 0 aromatic carbocycles. The highest BCUT2D eigenvalue weighted by Gasteiger charge is 2.38. The van der Waals surface area contributed by atoms with E-state index in [1.54, 1.807) is 0 Å². The fourth-order valence-corrected chi connectivity index (χ4v) is 2.18. The molecule has 5 N–H and O–H groups in total. The van der Waals surface area contributed by atoms with Gasteiger partial charge in [0.05, 0.1) is 0 Å². The molecule has 1 aromatic heterocycles. The van der Waals surface area contributed by atoms with Gasteiger partial charge in [0, 0.05) is 11.5 Å². The maximum atomic E-state index is 6.13. The lowest BCUT2D eigenvalue weighted by Crippen LogP contribution is -2.46. The molecule has 2 unspecified atom stereocenters. The van der Waals surface area contributed by atoms with Gasteiger partial charge in [-0.25, -0.2) is 0 Å². The molecule has 0 spiro atoms. The number of nitrogens with zero attached hydrogens (tertiary/aromatic N) is 2. The first-order valence-electron chi connectivity index (χ1n) is 5.07. The second-order valence-electron chi connectivity index (χ2n) is 4.31. The van der Waals surface area contributed by atoms with Crippen molar-refractivity contribution in [3.8, 4) is 0 Å². The van der Waals surface area contributed by atoms with E-state index in [0.717, 1.165) is 18.7 Å². The van der Waals surface area contributed by atoms with Crippen LogP contribution >= 0.6 is 0 Å². The van der Waals surface area contributed by atoms with E-state index in [2.05, 4.69) is 22.1 Å². The molecule has 1 aromatic rings. The van der Waals surface area contributed by atoms with Gasteiger partial charge >= 0.3 is 0 Å². The first-order valence-corrected chi connectivity index (χ1v) is 5.07. The van der Waals surface area contributed by atoms with Crippen molar-refractivity contribution in [2.45, 2.75) is 44.1 Å². The number of anilines is 1. The van der Waals surface area contributed by atoms with Gasteiger partial charge in [-0.15, -0.1) is 5.10 Å². The summed E-state index contributed by atoms with van der Waals surface area (Å²) in [4.78, 5) is 4.19. The van der Waals surface area contributed by atoms with Crippen molar-refractivity contribution in [3.05, 3.63) is 5.82 Å². The molecule has 5 nitrogen and oxygen atoms in total. The topological polar surface area (TPSA) is 93.6 Å². The van der Waals surface area contributed by atoms with Crippen molar-refractivity contribution in [2.75, 3.05) is 5.73 Å². The van der Waals surface area contributed by atoms with Crippen LogP contribution in [0, 0.1) is 0 Å². The minimum absolute atomic E-state index is 0.0805. The average Bonchev–Trinajstić information content (AvgIpc) is 2.58. The molecule has 1 aliphatic rings. The molecule has 2 rings (SSSR count). The zero-order valence-corrected chi connectivity index (χ0v) is 8.45. The van der Waals surface area contributed by atoms with Crippen LogP contribution in [0.15, 0.2) is 0 Å². The van der Waals surface area contributed by atoms with E-state index < -0.39 is 0 Å². The molecule has 1 fully saturated rings. The van der Waals surface area contributed by atoms with Gasteiger partial charge in [0.25, 0.3) is 0 Å². The highest BCUT2D eigenvalue weighted by atomic mass is 15.3. The van der Waals surface area contributed by atoms with Gasteiger partial charge in [-0.1, -0.05) is 19.8 Å². The van der Waals surface area contributed by atoms with Crippen LogP contribution in [0.1, 0.15) is 38.4 Å². The molecule has 0 aliphatic heterocycles. The van der Waals surface area contributed by atoms with Crippen molar-refractivity contribution in [2.24, 2.45) is 5.73 Å². The number of nitrogens with one attached hydrogen (secondary N) is 1. The molecular formula is C9H17N5. The SMILES string of the molecule is CC1(c2nc(N)n[nH]2)CCCCC1N. The molecule has 1 saturated carbocycles. The molecule has 0 bridgehead atoms. The molecular weight excluding hydrogens is 178 g/mol. The summed E-state index contributed by atoms with van der Waals surface area (Å²) in [6, 6.07) is 0.156. The van der Waals surface area contributed by atoms with Gasteiger partial charge in [-0.2, -0.15) is 4.98 Å². The third-order valence-electron chi connectivity index (χ3n) is 3.32. The van der Waals surface area contributed by atoms with E-state index in [1.807, 2.05) is 0 Å². The summed E-state index contributed by atoms with van der Waals surface area (Å²) in [7, 11) is 0. The normalized spacial score (nSPS) is 33.1. The van der Waals surface area contributed by atoms with Gasteiger partial charge < -0.3 is 11.5 Å². The van der Waals surface area contributed by atoms with Crippen molar-refractivity contribution >= 4 is 5.95 Å². The summed E-state index contributed by atoms with van der Waals surface area (Å²) < 4.78 is 0. The summed E-state index contributed by atoms with van der Waals surface area (Å²) in [5.41, 5.74) is 11.5. The molecule has 5 heteroatoms. The fraction of sp³-hybridized carbons (Fsp3) is 0.778. The smallest absolute Gasteiger partial charge is 0.239 e. The lowest BCUT2D eigenvalue weighted by Gasteiger charge is -2.37. The van der Waals surface area contributed by atoms with E-state index >= 15 is 0 Å². The second-order valence-corrected chi connectivity index (χ2v) is 4.31. The van der Waals surface area contributed by atoms with Crippen LogP contribution in [0.2, 0.25) is 0 Å². The standard InChI is InChI=1S/C9H17N5/c1-9(5-3-2-4-6(9)10)7-12-8(11)14-13-7/h6H,2-5,10H2,1H3,(H3,11,12,13,14). The number of nitrogens with two attached hydrogens (primary N) is 2. The van der Waals surface area contributed by atoms with Crippen LogP contribution < -0.4 is 11.5 Å². The van der Waals surface area contributed by atoms with Crippen molar-refractivity contribution in [1.82, 2.24) is 15.2 Å². The minimum atomic E-state index is -0.0805. The maximum absolute atomic E-state index is 6.13. The Labute approximate surface area is 83.3 Å². The van der Waals surface area contributed by atoms with E-state index in [-0.39, 0.29) is 11.5 Å². The molecule has 0 radical (unpaired) electrons. The summed E-state index contributed by atoms with van der Waals surface area (Å²) in [6.45, 7) is 2.14. The van der Waals surface area contributed by atoms with Crippen LogP contribution in [-0.2, 0) is 5.41 Å². The number of aromatic nitrogens is 3. The predicted octanol–water partition coefficient (Wildman–Crippen LogP) is 0.546. The number of H-pyrrole nitrogens is 1. The molecule has 0 saturated heterocycles. The highest BCUT2D eigenvalue weighted by Crippen LogP contribution is 2.36. The van der Waals surface area contributed by atoms with Crippen LogP contribution in [0.5, 0.6) is 0 Å². The average molecular weight is 195 g/mol. The Bertz CT molecular complexity index is 321. The number of aromatic amines is 1. The Morgan fingerprint density at radius 3 is 2.86 bits per heavy atom. The predicted molar refractivity (Wildman–Crippen MR) is 54.6 cm³/mol. The summed E-state index contributed by atoms with van der Waals surface area (Å²) >= 11 is 0. The Morgan fingerprint density at radius 1 is 1.50 bits per heavy atom. The summed E-state index contributed by atoms with van der Waals surface area (Å²) in [5, 5.41) is 6.74. The second kappa shape index (κ2) is 3.24. The Balaban J connectivity index is 2.29. The molecule has 2 atom stereocenters. The lowest BCUT2D eigenvalue weighted by molar-refractivity contribution is 0.259. The first-order chi connectivity index (χ1) is 6.63. The van der Waals surface area contributed by atoms with E-state index in [9.17, 15) is 0 Å². The van der Waals surface area contributed by atoms with Crippen molar-refractivity contribution in [1.29, 1.82) is 0 Å². The third-order valence-corrected chi connectivity index (χ3v) is 3.32. The summed E-state index contributed by atoms with van der Waals surface area (Å²) in [6.07, 6.45) is 4.52. The van der Waals surface area contributed by atoms with Crippen molar-refractivity contribution < 1.29 is 0 Å². The third kappa shape index (κ3) is 1.37. The van der Waals surface area contributed by atoms with Gasteiger partial charge in [0.2, 0.25) is 5.95 Å². The number of hydrogen-bond acceptors (Lipinski definition) is 4. The fourth-order valence-electron chi connectivity index (χ4n) is 2.18. The molecule has 0 amide bonds. The Morgan fingerprint density at radius 2 is 2.29 bits per heavy atom. The quantitative estimate of drug-likeness (QED) is 0.610. The molecule has 78 valence electrons. The monoisotopic (exact) mass is 195 g/mol. The van der Waals surface area contributed by atoms with E-state index in [4.69, 9.17) is 11.5 Å². The van der Waals surface area contributed by atoms with Gasteiger partial charge in [-0.05, 0) is 12.8 Å². The first kappa shape index (κ1) is 9.45. The van der Waals surface area contributed by atoms with E-state index in [0.29, 0.717) is 5.95 Å². The van der Waals surface area contributed by atoms with Gasteiger partial charge in [-0.3, -0.25) is 5.10 Å². The van der Waals surface area contributed by atoms with Crippen LogP contribution in [0.4, 0.5) is 5.95 Å². The maximum Gasteiger partial charge on any atom is 0.239 e. The minimum Gasteiger partial charge on any atom is -0.367 e. The van der Waals surface area contributed by atoms with Crippen LogP contribution in [0.25, 0.3) is 0 Å². The lowest BCUT2D eigenvalue weighted by atomic mass is 9.71. The van der Waals surface area contributed by atoms with Crippen LogP contribution in [0.3, 0.4) is 0 Å². The Kier molecular flexibility index (Phi) is 2.19. The van der Waals surface area contributed by atoms with Gasteiger partial charge in [0.1, 0.15) is 5.82 Å². The number of nitrogen functional groups attached to an aromatic ring is 1. The molecule has 1 aliphatic carbocycles. The number of rotatable bonds is 1. The van der Waals surface area contributed by atoms with E-state index in [1.165, 1.54) is 12.8 Å². The zero-order valence-electron chi connectivity index (χ0n) is 8.45. The van der Waals surface area contributed by atoms with Crippen molar-refractivity contribution in [3.63, 3.8) is 0 Å².